The van der Waals surface area contributed by atoms with Crippen molar-refractivity contribution in [2.24, 2.45) is 0 Å². The molecular formula is C3H7NO4S2. The lowest BCUT2D eigenvalue weighted by Gasteiger charge is -2.05. The van der Waals surface area contributed by atoms with Gasteiger partial charge in [0.1, 0.15) is 6.04 Å². The smallest absolute Gasteiger partial charge is 0.321 e. The van der Waals surface area contributed by atoms with Crippen LogP contribution in [0.2, 0.25) is 0 Å². The molecule has 0 spiro atoms. The third-order valence-corrected chi connectivity index (χ3v) is 1.64. The Balaban J connectivity index is 4.06. The van der Waals surface area contributed by atoms with E-state index in [2.05, 4.69) is 11.2 Å². The summed E-state index contributed by atoms with van der Waals surface area (Å²) in [7, 11) is -3.57. The molecule has 0 aromatic heterocycles. The highest BCUT2D eigenvalue weighted by Crippen LogP contribution is 1.84. The van der Waals surface area contributed by atoms with Crippen molar-refractivity contribution >= 4 is 26.1 Å². The quantitative estimate of drug-likeness (QED) is 0.535. The fraction of sp³-hybridized carbons (Fsp3) is 0.667. The second kappa shape index (κ2) is 3.24. The second-order valence-corrected chi connectivity index (χ2v) is 4.19. The average Bonchev–Trinajstić information content (AvgIpc) is 1.60. The summed E-state index contributed by atoms with van der Waals surface area (Å²) in [5.41, 5.74) is 0. The van der Waals surface area contributed by atoms with Crippen LogP contribution in [0.3, 0.4) is 0 Å². The van der Waals surface area contributed by atoms with Crippen molar-refractivity contribution in [1.82, 2.24) is 4.72 Å². The highest BCUT2D eigenvalue weighted by Gasteiger charge is 2.13. The van der Waals surface area contributed by atoms with Gasteiger partial charge in [-0.1, -0.05) is 0 Å². The fourth-order valence-corrected chi connectivity index (χ4v) is 1.25. The van der Waals surface area contributed by atoms with Crippen LogP contribution in [0.4, 0.5) is 0 Å². The van der Waals surface area contributed by atoms with Crippen molar-refractivity contribution in [2.75, 3.05) is 0 Å². The Kier molecular flexibility index (Phi) is 3.16. The Bertz CT molecular complexity index is 221. The molecule has 0 saturated heterocycles. The predicted molar refractivity (Wildman–Crippen MR) is 38.4 cm³/mol. The molecule has 5 nitrogen and oxygen atoms in total. The van der Waals surface area contributed by atoms with Gasteiger partial charge in [-0.25, -0.2) is 8.93 Å². The van der Waals surface area contributed by atoms with Crippen LogP contribution in [0.1, 0.15) is 6.92 Å². The summed E-state index contributed by atoms with van der Waals surface area (Å²) in [4.78, 5) is 10.0. The first-order chi connectivity index (χ1) is 4.33. The lowest BCUT2D eigenvalue weighted by Crippen LogP contribution is -2.37. The molecule has 0 radical (unpaired) electrons. The number of carboxylic acids is 1. The number of carboxylic acid groups (broad SMARTS) is 1. The lowest BCUT2D eigenvalue weighted by atomic mass is 10.4. The Morgan fingerprint density at radius 2 is 2.20 bits per heavy atom. The molecule has 7 heteroatoms. The number of rotatable bonds is 3. The van der Waals surface area contributed by atoms with Crippen LogP contribution in [0.15, 0.2) is 0 Å². The van der Waals surface area contributed by atoms with E-state index in [1.165, 1.54) is 6.92 Å². The number of hydrogen-bond acceptors (Lipinski definition) is 3. The van der Waals surface area contributed by atoms with Gasteiger partial charge in [0.2, 0.25) is 8.96 Å². The van der Waals surface area contributed by atoms with Gasteiger partial charge in [0.05, 0.1) is 0 Å². The van der Waals surface area contributed by atoms with Crippen molar-refractivity contribution in [2.45, 2.75) is 13.0 Å². The maximum absolute atomic E-state index is 10.3. The maximum Gasteiger partial charge on any atom is 0.321 e. The van der Waals surface area contributed by atoms with Gasteiger partial charge in [-0.15, -0.1) is 0 Å². The minimum absolute atomic E-state index is 1.10. The monoisotopic (exact) mass is 185 g/mol. The molecule has 2 atom stereocenters. The standard InChI is InChI=1S/C3H7NO4S2/c1-2(3(5)6)4-10(7,8)9/h2,4H,1H3,(H,5,6)(H,7,8,9)/t2-/m0/s1. The Hall–Kier alpha value is -0.240. The van der Waals surface area contributed by atoms with Crippen LogP contribution in [-0.4, -0.2) is 25.9 Å². The molecule has 0 heterocycles. The summed E-state index contributed by atoms with van der Waals surface area (Å²) < 4.78 is 20.5. The van der Waals surface area contributed by atoms with E-state index in [0.717, 1.165) is 0 Å². The zero-order valence-corrected chi connectivity index (χ0v) is 6.74. The fourth-order valence-electron chi connectivity index (χ4n) is 0.274. The second-order valence-electron chi connectivity index (χ2n) is 1.65. The summed E-state index contributed by atoms with van der Waals surface area (Å²) in [5, 5.41) is 8.20. The first-order valence-corrected chi connectivity index (χ1v) is 4.74. The van der Waals surface area contributed by atoms with Crippen molar-refractivity contribution in [3.05, 3.63) is 0 Å². The Morgan fingerprint density at radius 1 is 1.80 bits per heavy atom. The molecule has 3 N–H and O–H groups in total. The Morgan fingerprint density at radius 3 is 2.30 bits per heavy atom. The van der Waals surface area contributed by atoms with Gasteiger partial charge in [0, 0.05) is 11.2 Å². The SMILES string of the molecule is C[C@H](NS(=O)(O)=S)C(=O)O. The highest BCUT2D eigenvalue weighted by molar-refractivity contribution is 8.28. The summed E-state index contributed by atoms with van der Waals surface area (Å²) >= 11 is 3.99. The molecule has 0 aliphatic carbocycles. The van der Waals surface area contributed by atoms with Crippen molar-refractivity contribution in [3.63, 3.8) is 0 Å². The number of hydrogen-bond donors (Lipinski definition) is 3. The van der Waals surface area contributed by atoms with Crippen molar-refractivity contribution in [1.29, 1.82) is 0 Å². The van der Waals surface area contributed by atoms with Gasteiger partial charge in [0.15, 0.2) is 0 Å². The largest absolute Gasteiger partial charge is 0.480 e. The van der Waals surface area contributed by atoms with Crippen LogP contribution in [0.25, 0.3) is 0 Å². The van der Waals surface area contributed by atoms with Crippen LogP contribution < -0.4 is 4.72 Å². The molecule has 0 amide bonds. The van der Waals surface area contributed by atoms with Gasteiger partial charge >= 0.3 is 5.97 Å². The minimum Gasteiger partial charge on any atom is -0.480 e. The summed E-state index contributed by atoms with van der Waals surface area (Å²) in [5.74, 6) is -1.22. The normalized spacial score (nSPS) is 19.4. The molecule has 0 rings (SSSR count). The maximum atomic E-state index is 10.3. The van der Waals surface area contributed by atoms with Crippen LogP contribution >= 0.6 is 0 Å². The van der Waals surface area contributed by atoms with Gasteiger partial charge in [0.25, 0.3) is 0 Å². The Labute approximate surface area is 63.1 Å². The molecule has 0 saturated carbocycles. The third kappa shape index (κ3) is 4.62. The van der Waals surface area contributed by atoms with E-state index in [4.69, 9.17) is 9.66 Å². The first-order valence-electron chi connectivity index (χ1n) is 2.30. The van der Waals surface area contributed by atoms with Crippen LogP contribution in [-0.2, 0) is 24.9 Å². The topological polar surface area (TPSA) is 86.6 Å². The molecule has 1 unspecified atom stereocenters. The van der Waals surface area contributed by atoms with E-state index >= 15 is 0 Å². The molecule has 0 fully saturated rings. The van der Waals surface area contributed by atoms with Gasteiger partial charge in [-0.3, -0.25) is 9.35 Å². The van der Waals surface area contributed by atoms with Crippen molar-refractivity contribution < 1.29 is 18.7 Å². The van der Waals surface area contributed by atoms with E-state index in [1.807, 2.05) is 4.72 Å². The molecule has 0 bridgehead atoms. The zero-order chi connectivity index (χ0) is 8.36. The number of nitrogens with one attached hydrogen (secondary N) is 1. The zero-order valence-electron chi connectivity index (χ0n) is 5.10. The minimum atomic E-state index is -3.57. The van der Waals surface area contributed by atoms with E-state index in [-0.39, 0.29) is 0 Å². The van der Waals surface area contributed by atoms with Crippen molar-refractivity contribution in [3.8, 4) is 0 Å². The molecule has 10 heavy (non-hydrogen) atoms. The molecule has 0 aliphatic heterocycles. The molecule has 60 valence electrons. The summed E-state index contributed by atoms with van der Waals surface area (Å²) in [6.07, 6.45) is 0. The number of carbonyl (C=O) groups is 1. The van der Waals surface area contributed by atoms with Crippen LogP contribution in [0, 0.1) is 0 Å². The average molecular weight is 185 g/mol. The molecule has 0 aromatic carbocycles. The molecular weight excluding hydrogens is 178 g/mol. The number of aliphatic carboxylic acids is 1. The van der Waals surface area contributed by atoms with E-state index < -0.39 is 21.0 Å². The van der Waals surface area contributed by atoms with E-state index in [0.29, 0.717) is 0 Å². The van der Waals surface area contributed by atoms with Gasteiger partial charge in [-0.05, 0) is 6.92 Å². The predicted octanol–water partition coefficient (Wildman–Crippen LogP) is -0.817. The summed E-state index contributed by atoms with van der Waals surface area (Å²) in [6.45, 7) is 1.23. The first kappa shape index (κ1) is 9.76. The third-order valence-electron chi connectivity index (χ3n) is 0.696. The van der Waals surface area contributed by atoms with E-state index in [9.17, 15) is 9.00 Å². The van der Waals surface area contributed by atoms with Gasteiger partial charge in [-0.2, -0.15) is 0 Å². The molecule has 0 aromatic rings. The van der Waals surface area contributed by atoms with Gasteiger partial charge < -0.3 is 5.11 Å². The molecule has 0 aliphatic rings. The highest BCUT2D eigenvalue weighted by atomic mass is 32.8. The van der Waals surface area contributed by atoms with E-state index in [1.54, 1.807) is 0 Å². The lowest BCUT2D eigenvalue weighted by molar-refractivity contribution is -0.138. The van der Waals surface area contributed by atoms with Crippen LogP contribution in [0.5, 0.6) is 0 Å². The summed E-state index contributed by atoms with van der Waals surface area (Å²) in [6, 6.07) is -1.10.